The summed E-state index contributed by atoms with van der Waals surface area (Å²) < 4.78 is 0. The maximum atomic E-state index is 12.4. The van der Waals surface area contributed by atoms with Crippen LogP contribution in [0.4, 0.5) is 5.69 Å². The Kier molecular flexibility index (Phi) is 5.94. The van der Waals surface area contributed by atoms with Crippen LogP contribution in [0.15, 0.2) is 24.3 Å². The van der Waals surface area contributed by atoms with Gasteiger partial charge in [-0.3, -0.25) is 4.79 Å². The first-order valence-electron chi connectivity index (χ1n) is 7.39. The van der Waals surface area contributed by atoms with Gasteiger partial charge >= 0.3 is 0 Å². The van der Waals surface area contributed by atoms with Crippen molar-refractivity contribution in [1.82, 2.24) is 0 Å². The Morgan fingerprint density at radius 2 is 1.08 bits per heavy atom. The second-order valence-corrected chi connectivity index (χ2v) is 5.37. The molecule has 134 valence electrons. The molecule has 0 aliphatic carbocycles. The number of hydrogen-bond acceptors (Lipinski definition) is 7. The van der Waals surface area contributed by atoms with E-state index < -0.39 is 32.3 Å². The van der Waals surface area contributed by atoms with Crippen molar-refractivity contribution < 1.29 is 35.4 Å². The number of hydrogen-bond donors (Lipinski definition) is 7. The van der Waals surface area contributed by atoms with Gasteiger partial charge in [-0.15, -0.1) is 0 Å². The average Bonchev–Trinajstić information content (AvgIpc) is 2.62. The lowest BCUT2D eigenvalue weighted by atomic mass is 10.0. The summed E-state index contributed by atoms with van der Waals surface area (Å²) in [6.07, 6.45) is 0. The van der Waals surface area contributed by atoms with Crippen molar-refractivity contribution >= 4 is 11.6 Å². The molecule has 0 spiro atoms. The smallest absolute Gasteiger partial charge is 0.255 e. The first-order valence-corrected chi connectivity index (χ1v) is 7.39. The van der Waals surface area contributed by atoms with E-state index in [1.807, 2.05) is 0 Å². The lowest BCUT2D eigenvalue weighted by Crippen LogP contribution is -2.13. The number of aliphatic hydroxyl groups excluding tert-OH is 4. The SMILES string of the molecule is O=C(Nc1cc(CO)c(O)c(CO)c1)c1cc(CO)c(O)c(CO)c1. The van der Waals surface area contributed by atoms with Crippen molar-refractivity contribution in [3.8, 4) is 11.5 Å². The summed E-state index contributed by atoms with van der Waals surface area (Å²) in [5, 5.41) is 59.1. The van der Waals surface area contributed by atoms with Crippen LogP contribution in [0.5, 0.6) is 11.5 Å². The third kappa shape index (κ3) is 3.89. The number of rotatable bonds is 6. The Morgan fingerprint density at radius 3 is 1.44 bits per heavy atom. The van der Waals surface area contributed by atoms with Crippen LogP contribution in [0.25, 0.3) is 0 Å². The first-order chi connectivity index (χ1) is 11.9. The Bertz CT molecular complexity index is 739. The highest BCUT2D eigenvalue weighted by Crippen LogP contribution is 2.29. The normalized spacial score (nSPS) is 10.7. The molecule has 0 radical (unpaired) electrons. The minimum Gasteiger partial charge on any atom is -0.507 e. The van der Waals surface area contributed by atoms with Crippen LogP contribution in [-0.4, -0.2) is 36.5 Å². The molecule has 2 aromatic rings. The van der Waals surface area contributed by atoms with Gasteiger partial charge < -0.3 is 36.0 Å². The van der Waals surface area contributed by atoms with Gasteiger partial charge in [0.25, 0.3) is 5.91 Å². The molecular weight excluding hydrogens is 330 g/mol. The van der Waals surface area contributed by atoms with E-state index in [0.29, 0.717) is 0 Å². The lowest BCUT2D eigenvalue weighted by Gasteiger charge is -2.13. The maximum Gasteiger partial charge on any atom is 0.255 e. The van der Waals surface area contributed by atoms with Crippen molar-refractivity contribution in [3.05, 3.63) is 52.1 Å². The van der Waals surface area contributed by atoms with E-state index in [-0.39, 0.29) is 45.0 Å². The monoisotopic (exact) mass is 349 g/mol. The van der Waals surface area contributed by atoms with E-state index in [4.69, 9.17) is 0 Å². The summed E-state index contributed by atoms with van der Waals surface area (Å²) in [5.74, 6) is -1.13. The van der Waals surface area contributed by atoms with Crippen molar-refractivity contribution in [2.45, 2.75) is 26.4 Å². The van der Waals surface area contributed by atoms with Gasteiger partial charge in [0.1, 0.15) is 11.5 Å². The fourth-order valence-corrected chi connectivity index (χ4v) is 2.41. The summed E-state index contributed by atoms with van der Waals surface area (Å²) in [7, 11) is 0. The van der Waals surface area contributed by atoms with E-state index in [9.17, 15) is 35.4 Å². The maximum absolute atomic E-state index is 12.4. The molecule has 0 aromatic heterocycles. The van der Waals surface area contributed by atoms with Gasteiger partial charge in [0.15, 0.2) is 0 Å². The molecule has 0 atom stereocenters. The predicted octanol–water partition coefficient (Wildman–Crippen LogP) is 0.319. The Hall–Kier alpha value is -2.65. The van der Waals surface area contributed by atoms with E-state index in [0.717, 1.165) is 0 Å². The summed E-state index contributed by atoms with van der Waals surface area (Å²) >= 11 is 0. The number of benzene rings is 2. The average molecular weight is 349 g/mol. The molecule has 0 aliphatic rings. The largest absolute Gasteiger partial charge is 0.507 e. The molecule has 0 fully saturated rings. The van der Waals surface area contributed by atoms with Crippen LogP contribution >= 0.6 is 0 Å². The zero-order chi connectivity index (χ0) is 18.6. The van der Waals surface area contributed by atoms with Crippen LogP contribution in [0.2, 0.25) is 0 Å². The van der Waals surface area contributed by atoms with Crippen molar-refractivity contribution in [3.63, 3.8) is 0 Å². The fourth-order valence-electron chi connectivity index (χ4n) is 2.41. The second kappa shape index (κ2) is 7.95. The highest BCUT2D eigenvalue weighted by molar-refractivity contribution is 6.04. The van der Waals surface area contributed by atoms with Gasteiger partial charge in [0.2, 0.25) is 0 Å². The molecular formula is C17H19NO7. The number of carbonyl (C=O) groups excluding carboxylic acids is 1. The second-order valence-electron chi connectivity index (χ2n) is 5.37. The topological polar surface area (TPSA) is 150 Å². The molecule has 0 saturated carbocycles. The van der Waals surface area contributed by atoms with E-state index in [2.05, 4.69) is 5.32 Å². The van der Waals surface area contributed by atoms with Crippen LogP contribution in [-0.2, 0) is 26.4 Å². The van der Waals surface area contributed by atoms with Crippen molar-refractivity contribution in [1.29, 1.82) is 0 Å². The lowest BCUT2D eigenvalue weighted by molar-refractivity contribution is 0.102. The number of phenols is 2. The summed E-state index contributed by atoms with van der Waals surface area (Å²) in [5.41, 5.74) is 0.790. The standard InChI is InChI=1S/C17H19NO7/c19-5-10-1-9(2-11(6-20)15(10)23)17(25)18-14-3-12(7-21)16(24)13(4-14)8-22/h1-4,19-24H,5-8H2,(H,18,25). The number of anilines is 1. The van der Waals surface area contributed by atoms with Crippen LogP contribution < -0.4 is 5.32 Å². The van der Waals surface area contributed by atoms with E-state index in [1.54, 1.807) is 0 Å². The third-order valence-electron chi connectivity index (χ3n) is 3.74. The van der Waals surface area contributed by atoms with Crippen molar-refractivity contribution in [2.75, 3.05) is 5.32 Å². The van der Waals surface area contributed by atoms with Crippen molar-refractivity contribution in [2.24, 2.45) is 0 Å². The molecule has 7 N–H and O–H groups in total. The van der Waals surface area contributed by atoms with Crippen LogP contribution in [0.1, 0.15) is 32.6 Å². The van der Waals surface area contributed by atoms with Gasteiger partial charge in [-0.05, 0) is 24.3 Å². The summed E-state index contributed by atoms with van der Waals surface area (Å²) in [4.78, 5) is 12.4. The van der Waals surface area contributed by atoms with Gasteiger partial charge in [0.05, 0.1) is 26.4 Å². The summed E-state index contributed by atoms with van der Waals surface area (Å²) in [6.45, 7) is -1.99. The molecule has 8 heteroatoms. The molecule has 1 amide bonds. The minimum atomic E-state index is -0.595. The number of amides is 1. The Morgan fingerprint density at radius 1 is 0.720 bits per heavy atom. The summed E-state index contributed by atoms with van der Waals surface area (Å²) in [6, 6.07) is 5.27. The van der Waals surface area contributed by atoms with Gasteiger partial charge in [0, 0.05) is 33.5 Å². The molecule has 2 aromatic carbocycles. The van der Waals surface area contributed by atoms with Gasteiger partial charge in [-0.2, -0.15) is 0 Å². The van der Waals surface area contributed by atoms with Crippen LogP contribution in [0, 0.1) is 0 Å². The zero-order valence-corrected chi connectivity index (χ0v) is 13.2. The minimum absolute atomic E-state index is 0.0921. The molecule has 0 heterocycles. The van der Waals surface area contributed by atoms with Gasteiger partial charge in [-0.1, -0.05) is 0 Å². The van der Waals surface area contributed by atoms with E-state index in [1.165, 1.54) is 24.3 Å². The molecule has 0 bridgehead atoms. The third-order valence-corrected chi connectivity index (χ3v) is 3.74. The van der Waals surface area contributed by atoms with Crippen LogP contribution in [0.3, 0.4) is 0 Å². The molecule has 2 rings (SSSR count). The molecule has 0 unspecified atom stereocenters. The highest BCUT2D eigenvalue weighted by atomic mass is 16.3. The Labute approximate surface area is 143 Å². The Balaban J connectivity index is 2.37. The molecule has 0 aliphatic heterocycles. The fraction of sp³-hybridized carbons (Fsp3) is 0.235. The number of nitrogens with one attached hydrogen (secondary N) is 1. The highest BCUT2D eigenvalue weighted by Gasteiger charge is 2.15. The quantitative estimate of drug-likeness (QED) is 0.371. The van der Waals surface area contributed by atoms with E-state index >= 15 is 0 Å². The number of aromatic hydroxyl groups is 2. The zero-order valence-electron chi connectivity index (χ0n) is 13.2. The predicted molar refractivity (Wildman–Crippen MR) is 87.9 cm³/mol. The number of carbonyl (C=O) groups is 1. The van der Waals surface area contributed by atoms with Gasteiger partial charge in [-0.25, -0.2) is 0 Å². The first kappa shape index (κ1) is 18.7. The molecule has 0 saturated heterocycles. The number of aliphatic hydroxyl groups is 4. The molecule has 25 heavy (non-hydrogen) atoms. The molecule has 8 nitrogen and oxygen atoms in total.